The molecule has 1 atom stereocenters. The number of hydrogen-bond acceptors (Lipinski definition) is 4. The topological polar surface area (TPSA) is 30.5 Å². The summed E-state index contributed by atoms with van der Waals surface area (Å²) >= 11 is 1.70. The fraction of sp³-hybridized carbons (Fsp3) is 0.600. The Labute approximate surface area is 120 Å². The van der Waals surface area contributed by atoms with Crippen molar-refractivity contribution in [1.29, 1.82) is 0 Å². The Morgan fingerprint density at radius 2 is 2.11 bits per heavy atom. The second-order valence-corrected chi connectivity index (χ2v) is 5.73. The maximum absolute atomic E-state index is 5.45. The van der Waals surface area contributed by atoms with Gasteiger partial charge in [0.05, 0.1) is 19.1 Å². The number of thioether (sulfide) groups is 1. The van der Waals surface area contributed by atoms with Crippen molar-refractivity contribution in [3.63, 3.8) is 0 Å². The zero-order valence-corrected chi connectivity index (χ0v) is 12.8. The van der Waals surface area contributed by atoms with E-state index in [0.29, 0.717) is 6.04 Å². The monoisotopic (exact) mass is 281 g/mol. The van der Waals surface area contributed by atoms with E-state index in [9.17, 15) is 0 Å². The quantitative estimate of drug-likeness (QED) is 0.840. The van der Waals surface area contributed by atoms with Gasteiger partial charge in [-0.15, -0.1) is 11.8 Å². The second-order valence-electron chi connectivity index (χ2n) is 4.88. The van der Waals surface area contributed by atoms with Gasteiger partial charge < -0.3 is 14.8 Å². The van der Waals surface area contributed by atoms with E-state index in [1.807, 2.05) is 0 Å². The van der Waals surface area contributed by atoms with Crippen molar-refractivity contribution < 1.29 is 9.47 Å². The van der Waals surface area contributed by atoms with E-state index in [-0.39, 0.29) is 0 Å². The Kier molecular flexibility index (Phi) is 5.40. The van der Waals surface area contributed by atoms with Crippen LogP contribution in [0.3, 0.4) is 0 Å². The third kappa shape index (κ3) is 3.57. The molecule has 0 spiro atoms. The van der Waals surface area contributed by atoms with Crippen LogP contribution in [0.1, 0.15) is 24.8 Å². The molecule has 1 heterocycles. The van der Waals surface area contributed by atoms with E-state index in [1.165, 1.54) is 24.8 Å². The molecule has 106 valence electrons. The minimum atomic E-state index is 0.599. The number of nitrogens with one attached hydrogen (secondary N) is 1. The van der Waals surface area contributed by atoms with Crippen LogP contribution in [0.25, 0.3) is 0 Å². The van der Waals surface area contributed by atoms with Crippen LogP contribution >= 0.6 is 11.8 Å². The van der Waals surface area contributed by atoms with Crippen molar-refractivity contribution in [2.45, 2.75) is 36.6 Å². The summed E-state index contributed by atoms with van der Waals surface area (Å²) in [6, 6.07) is 4.93. The summed E-state index contributed by atoms with van der Waals surface area (Å²) in [5, 5.41) is 3.59. The molecule has 0 amide bonds. The summed E-state index contributed by atoms with van der Waals surface area (Å²) < 4.78 is 10.9. The van der Waals surface area contributed by atoms with Gasteiger partial charge >= 0.3 is 0 Å². The van der Waals surface area contributed by atoms with E-state index in [0.717, 1.165) is 29.4 Å². The standard InChI is InChI=1S/C15H23NO2S/c1-17-13-9-11(8-12-6-4-5-7-16-12)10-14(19-3)15(13)18-2/h9-10,12,16H,4-8H2,1-3H3. The lowest BCUT2D eigenvalue weighted by Gasteiger charge is -2.24. The highest BCUT2D eigenvalue weighted by molar-refractivity contribution is 7.98. The number of hydrogen-bond donors (Lipinski definition) is 1. The summed E-state index contributed by atoms with van der Waals surface area (Å²) in [7, 11) is 3.39. The van der Waals surface area contributed by atoms with Crippen LogP contribution in [-0.4, -0.2) is 33.1 Å². The van der Waals surface area contributed by atoms with Gasteiger partial charge in [-0.05, 0) is 49.8 Å². The molecule has 1 N–H and O–H groups in total. The number of rotatable bonds is 5. The van der Waals surface area contributed by atoms with Crippen molar-refractivity contribution in [3.8, 4) is 11.5 Å². The minimum Gasteiger partial charge on any atom is -0.493 e. The largest absolute Gasteiger partial charge is 0.493 e. The molecule has 1 aromatic rings. The molecule has 0 saturated carbocycles. The Balaban J connectivity index is 2.20. The lowest BCUT2D eigenvalue weighted by atomic mass is 9.97. The van der Waals surface area contributed by atoms with Gasteiger partial charge in [0, 0.05) is 6.04 Å². The smallest absolute Gasteiger partial charge is 0.174 e. The predicted molar refractivity (Wildman–Crippen MR) is 80.7 cm³/mol. The van der Waals surface area contributed by atoms with Gasteiger partial charge in [0.2, 0.25) is 0 Å². The molecule has 2 rings (SSSR count). The van der Waals surface area contributed by atoms with Gasteiger partial charge in [0.1, 0.15) is 0 Å². The summed E-state index contributed by atoms with van der Waals surface area (Å²) in [5.74, 6) is 1.68. The van der Waals surface area contributed by atoms with E-state index in [2.05, 4.69) is 23.7 Å². The molecule has 19 heavy (non-hydrogen) atoms. The van der Waals surface area contributed by atoms with Crippen molar-refractivity contribution in [2.24, 2.45) is 0 Å². The predicted octanol–water partition coefficient (Wildman–Crippen LogP) is 3.11. The van der Waals surface area contributed by atoms with Crippen LogP contribution in [0.2, 0.25) is 0 Å². The third-order valence-corrected chi connectivity index (χ3v) is 4.36. The Bertz CT molecular complexity index is 392. The zero-order valence-electron chi connectivity index (χ0n) is 12.0. The molecule has 0 radical (unpaired) electrons. The lowest BCUT2D eigenvalue weighted by Crippen LogP contribution is -2.35. The number of benzene rings is 1. The lowest BCUT2D eigenvalue weighted by molar-refractivity contribution is 0.346. The summed E-state index contributed by atoms with van der Waals surface area (Å²) in [4.78, 5) is 1.15. The third-order valence-electron chi connectivity index (χ3n) is 3.62. The fourth-order valence-corrected chi connectivity index (χ4v) is 3.27. The summed E-state index contributed by atoms with van der Waals surface area (Å²) in [5.41, 5.74) is 1.32. The first-order valence-corrected chi connectivity index (χ1v) is 8.03. The molecular formula is C15H23NO2S. The molecule has 0 aromatic heterocycles. The van der Waals surface area contributed by atoms with Gasteiger partial charge in [0.15, 0.2) is 11.5 Å². The van der Waals surface area contributed by atoms with E-state index in [4.69, 9.17) is 9.47 Å². The maximum atomic E-state index is 5.45. The Morgan fingerprint density at radius 1 is 1.26 bits per heavy atom. The maximum Gasteiger partial charge on any atom is 0.174 e. The first-order chi connectivity index (χ1) is 9.28. The molecule has 1 aliphatic rings. The van der Waals surface area contributed by atoms with Crippen LogP contribution < -0.4 is 14.8 Å². The molecule has 3 nitrogen and oxygen atoms in total. The fourth-order valence-electron chi connectivity index (χ4n) is 2.64. The Hall–Kier alpha value is -0.870. The molecule has 1 unspecified atom stereocenters. The van der Waals surface area contributed by atoms with Gasteiger partial charge in [-0.25, -0.2) is 0 Å². The van der Waals surface area contributed by atoms with E-state index < -0.39 is 0 Å². The highest BCUT2D eigenvalue weighted by Gasteiger charge is 2.16. The number of piperidine rings is 1. The SMILES string of the molecule is COc1cc(CC2CCCCN2)cc(SC)c1OC. The van der Waals surface area contributed by atoms with Gasteiger partial charge in [0.25, 0.3) is 0 Å². The van der Waals surface area contributed by atoms with Gasteiger partial charge in [-0.1, -0.05) is 6.42 Å². The molecular weight excluding hydrogens is 258 g/mol. The average Bonchev–Trinajstić information content (AvgIpc) is 2.47. The first-order valence-electron chi connectivity index (χ1n) is 6.80. The molecule has 1 saturated heterocycles. The molecule has 4 heteroatoms. The van der Waals surface area contributed by atoms with Crippen LogP contribution in [0.15, 0.2) is 17.0 Å². The number of methoxy groups -OCH3 is 2. The van der Waals surface area contributed by atoms with Crippen LogP contribution in [0, 0.1) is 0 Å². The van der Waals surface area contributed by atoms with Crippen molar-refractivity contribution in [3.05, 3.63) is 17.7 Å². The van der Waals surface area contributed by atoms with E-state index in [1.54, 1.807) is 26.0 Å². The number of ether oxygens (including phenoxy) is 2. The summed E-state index contributed by atoms with van der Waals surface area (Å²) in [6.07, 6.45) is 7.04. The highest BCUT2D eigenvalue weighted by Crippen LogP contribution is 2.38. The molecule has 1 aromatic carbocycles. The van der Waals surface area contributed by atoms with E-state index >= 15 is 0 Å². The molecule has 1 aliphatic heterocycles. The van der Waals surface area contributed by atoms with Crippen molar-refractivity contribution in [2.75, 3.05) is 27.0 Å². The molecule has 0 bridgehead atoms. The second kappa shape index (κ2) is 7.06. The van der Waals surface area contributed by atoms with Crippen molar-refractivity contribution in [1.82, 2.24) is 5.32 Å². The van der Waals surface area contributed by atoms with Crippen molar-refractivity contribution >= 4 is 11.8 Å². The summed E-state index contributed by atoms with van der Waals surface area (Å²) in [6.45, 7) is 1.15. The average molecular weight is 281 g/mol. The van der Waals surface area contributed by atoms with Gasteiger partial charge in [-0.3, -0.25) is 0 Å². The normalized spacial score (nSPS) is 19.2. The Morgan fingerprint density at radius 3 is 2.68 bits per heavy atom. The zero-order chi connectivity index (χ0) is 13.7. The van der Waals surface area contributed by atoms with Gasteiger partial charge in [-0.2, -0.15) is 0 Å². The molecule has 0 aliphatic carbocycles. The van der Waals surface area contributed by atoms with Crippen LogP contribution in [0.4, 0.5) is 0 Å². The first kappa shape index (κ1) is 14.5. The van der Waals surface area contributed by atoms with Crippen LogP contribution in [0.5, 0.6) is 11.5 Å². The highest BCUT2D eigenvalue weighted by atomic mass is 32.2. The minimum absolute atomic E-state index is 0.599. The van der Waals surface area contributed by atoms with Crippen LogP contribution in [-0.2, 0) is 6.42 Å². The molecule has 1 fully saturated rings.